The Morgan fingerprint density at radius 2 is 1.58 bits per heavy atom. The van der Waals surface area contributed by atoms with Crippen LogP contribution in [-0.4, -0.2) is 12.8 Å². The zero-order chi connectivity index (χ0) is 12.7. The van der Waals surface area contributed by atoms with Gasteiger partial charge in [-0.05, 0) is 36.6 Å². The molecular formula is C16H17N3. The van der Waals surface area contributed by atoms with Gasteiger partial charge in [-0.15, -0.1) is 0 Å². The quantitative estimate of drug-likeness (QED) is 0.814. The van der Waals surface area contributed by atoms with Gasteiger partial charge in [0.2, 0.25) is 0 Å². The average Bonchev–Trinajstić information content (AvgIpc) is 2.90. The zero-order valence-electron chi connectivity index (χ0n) is 10.8. The normalized spacial score (nSPS) is 17.4. The van der Waals surface area contributed by atoms with E-state index in [9.17, 15) is 0 Å². The van der Waals surface area contributed by atoms with Crippen molar-refractivity contribution in [2.45, 2.75) is 19.1 Å². The van der Waals surface area contributed by atoms with Gasteiger partial charge < -0.3 is 15.5 Å². The highest BCUT2D eigenvalue weighted by Crippen LogP contribution is 2.34. The Labute approximate surface area is 113 Å². The second kappa shape index (κ2) is 4.19. The molecule has 19 heavy (non-hydrogen) atoms. The van der Waals surface area contributed by atoms with Crippen LogP contribution in [0, 0.1) is 0 Å². The number of nitrogens with zero attached hydrogens (tertiary/aromatic N) is 1. The lowest BCUT2D eigenvalue weighted by Crippen LogP contribution is -2.46. The molecular weight excluding hydrogens is 234 g/mol. The van der Waals surface area contributed by atoms with Gasteiger partial charge >= 0.3 is 0 Å². The van der Waals surface area contributed by atoms with Crippen molar-refractivity contribution < 1.29 is 0 Å². The number of para-hydroxylation sites is 3. The third-order valence-corrected chi connectivity index (χ3v) is 3.97. The molecule has 0 spiro atoms. The fraction of sp³-hybridized carbons (Fsp3) is 0.250. The summed E-state index contributed by atoms with van der Waals surface area (Å²) in [5, 5.41) is 7.12. The Hall–Kier alpha value is -2.16. The molecule has 0 aromatic heterocycles. The Kier molecular flexibility index (Phi) is 2.37. The summed E-state index contributed by atoms with van der Waals surface area (Å²) in [6, 6.07) is 17.1. The fourth-order valence-electron chi connectivity index (χ4n) is 3.05. The van der Waals surface area contributed by atoms with E-state index in [-0.39, 0.29) is 6.29 Å². The minimum Gasteiger partial charge on any atom is -0.347 e. The van der Waals surface area contributed by atoms with E-state index in [2.05, 4.69) is 64.1 Å². The van der Waals surface area contributed by atoms with Crippen molar-refractivity contribution in [2.75, 3.05) is 22.1 Å². The van der Waals surface area contributed by atoms with E-state index < -0.39 is 0 Å². The molecule has 0 aliphatic carbocycles. The molecule has 4 rings (SSSR count). The van der Waals surface area contributed by atoms with Crippen molar-refractivity contribution in [3.05, 3.63) is 54.1 Å². The van der Waals surface area contributed by atoms with Gasteiger partial charge in [0.15, 0.2) is 6.29 Å². The summed E-state index contributed by atoms with van der Waals surface area (Å²) in [6.07, 6.45) is 2.57. The molecule has 0 radical (unpaired) electrons. The summed E-state index contributed by atoms with van der Waals surface area (Å²) in [6.45, 7) is 1.09. The van der Waals surface area contributed by atoms with Crippen molar-refractivity contribution in [1.82, 2.24) is 0 Å². The maximum atomic E-state index is 3.56. The maximum absolute atomic E-state index is 3.56. The van der Waals surface area contributed by atoms with Crippen molar-refractivity contribution in [3.8, 4) is 0 Å². The monoisotopic (exact) mass is 251 g/mol. The third kappa shape index (κ3) is 1.73. The number of fused-ring (bicyclic) bond motifs is 2. The molecule has 2 aliphatic heterocycles. The fourth-order valence-corrected chi connectivity index (χ4v) is 3.05. The van der Waals surface area contributed by atoms with Gasteiger partial charge in [0.1, 0.15) is 0 Å². The second-order valence-electron chi connectivity index (χ2n) is 5.16. The summed E-state index contributed by atoms with van der Waals surface area (Å²) < 4.78 is 0. The van der Waals surface area contributed by atoms with Gasteiger partial charge in [-0.25, -0.2) is 0 Å². The summed E-state index contributed by atoms with van der Waals surface area (Å²) in [7, 11) is 0. The van der Waals surface area contributed by atoms with Crippen LogP contribution < -0.4 is 15.5 Å². The van der Waals surface area contributed by atoms with E-state index in [0.29, 0.717) is 0 Å². The van der Waals surface area contributed by atoms with Crippen molar-refractivity contribution in [1.29, 1.82) is 0 Å². The highest BCUT2D eigenvalue weighted by Gasteiger charge is 2.28. The van der Waals surface area contributed by atoms with E-state index in [0.717, 1.165) is 6.54 Å². The summed E-state index contributed by atoms with van der Waals surface area (Å²) >= 11 is 0. The Morgan fingerprint density at radius 1 is 0.895 bits per heavy atom. The summed E-state index contributed by atoms with van der Waals surface area (Å²) in [4.78, 5) is 2.43. The van der Waals surface area contributed by atoms with Crippen LogP contribution in [0.3, 0.4) is 0 Å². The Bertz CT molecular complexity index is 583. The molecule has 2 aromatic carbocycles. The molecule has 2 aliphatic rings. The topological polar surface area (TPSA) is 27.3 Å². The lowest BCUT2D eigenvalue weighted by molar-refractivity contribution is 0.650. The SMILES string of the molecule is c1ccc2c(c1)CCCN2C1Nc2ccccc2N1. The summed E-state index contributed by atoms with van der Waals surface area (Å²) in [5.74, 6) is 0. The van der Waals surface area contributed by atoms with Crippen LogP contribution in [0.25, 0.3) is 0 Å². The molecule has 0 atom stereocenters. The summed E-state index contributed by atoms with van der Waals surface area (Å²) in [5.41, 5.74) is 5.19. The molecule has 0 unspecified atom stereocenters. The molecule has 2 aromatic rings. The Morgan fingerprint density at radius 3 is 2.37 bits per heavy atom. The molecule has 0 bridgehead atoms. The molecule has 3 heteroatoms. The van der Waals surface area contributed by atoms with Crippen LogP contribution in [0.4, 0.5) is 17.1 Å². The molecule has 3 nitrogen and oxygen atoms in total. The van der Waals surface area contributed by atoms with Crippen LogP contribution in [-0.2, 0) is 6.42 Å². The van der Waals surface area contributed by atoms with E-state index in [1.165, 1.54) is 35.5 Å². The Balaban J connectivity index is 1.66. The van der Waals surface area contributed by atoms with Crippen LogP contribution in [0.2, 0.25) is 0 Å². The smallest absolute Gasteiger partial charge is 0.176 e. The first-order chi connectivity index (χ1) is 9.42. The number of aryl methyl sites for hydroxylation is 1. The number of benzene rings is 2. The molecule has 0 fully saturated rings. The van der Waals surface area contributed by atoms with Gasteiger partial charge in [-0.3, -0.25) is 0 Å². The highest BCUT2D eigenvalue weighted by atomic mass is 15.4. The predicted molar refractivity (Wildman–Crippen MR) is 79.6 cm³/mol. The van der Waals surface area contributed by atoms with Crippen LogP contribution >= 0.6 is 0 Å². The van der Waals surface area contributed by atoms with Crippen molar-refractivity contribution >= 4 is 17.1 Å². The average molecular weight is 251 g/mol. The predicted octanol–water partition coefficient (Wildman–Crippen LogP) is 3.26. The van der Waals surface area contributed by atoms with E-state index in [1.807, 2.05) is 0 Å². The van der Waals surface area contributed by atoms with Crippen molar-refractivity contribution in [3.63, 3.8) is 0 Å². The number of hydrogen-bond acceptors (Lipinski definition) is 3. The zero-order valence-corrected chi connectivity index (χ0v) is 10.8. The lowest BCUT2D eigenvalue weighted by atomic mass is 10.0. The molecule has 0 saturated carbocycles. The largest absolute Gasteiger partial charge is 0.347 e. The number of anilines is 3. The molecule has 0 amide bonds. The van der Waals surface area contributed by atoms with Crippen molar-refractivity contribution in [2.24, 2.45) is 0 Å². The standard InChI is InChI=1S/C16H17N3/c1-4-10-15-12(6-1)7-5-11-19(15)16-17-13-8-2-3-9-14(13)18-16/h1-4,6,8-10,16-18H,5,7,11H2. The molecule has 96 valence electrons. The van der Waals surface area contributed by atoms with Gasteiger partial charge in [0, 0.05) is 12.2 Å². The highest BCUT2D eigenvalue weighted by molar-refractivity contribution is 5.76. The first-order valence-corrected chi connectivity index (χ1v) is 6.88. The van der Waals surface area contributed by atoms with Crippen LogP contribution in [0.5, 0.6) is 0 Å². The molecule has 2 N–H and O–H groups in total. The van der Waals surface area contributed by atoms with Crippen LogP contribution in [0.1, 0.15) is 12.0 Å². The maximum Gasteiger partial charge on any atom is 0.176 e. The third-order valence-electron chi connectivity index (χ3n) is 3.97. The first kappa shape index (κ1) is 10.7. The van der Waals surface area contributed by atoms with Gasteiger partial charge in [-0.2, -0.15) is 0 Å². The second-order valence-corrected chi connectivity index (χ2v) is 5.16. The van der Waals surface area contributed by atoms with Gasteiger partial charge in [0.05, 0.1) is 11.4 Å². The number of nitrogens with one attached hydrogen (secondary N) is 2. The lowest BCUT2D eigenvalue weighted by Gasteiger charge is -2.36. The first-order valence-electron chi connectivity index (χ1n) is 6.88. The minimum absolute atomic E-state index is 0.166. The molecule has 0 saturated heterocycles. The van der Waals surface area contributed by atoms with Gasteiger partial charge in [-0.1, -0.05) is 30.3 Å². The van der Waals surface area contributed by atoms with Gasteiger partial charge in [0.25, 0.3) is 0 Å². The number of rotatable bonds is 1. The molecule has 2 heterocycles. The van der Waals surface area contributed by atoms with E-state index >= 15 is 0 Å². The van der Waals surface area contributed by atoms with E-state index in [4.69, 9.17) is 0 Å². The van der Waals surface area contributed by atoms with Crippen LogP contribution in [0.15, 0.2) is 48.5 Å². The minimum atomic E-state index is 0.166. The van der Waals surface area contributed by atoms with E-state index in [1.54, 1.807) is 0 Å². The number of hydrogen-bond donors (Lipinski definition) is 2.